The Balaban J connectivity index is 2.34. The molecule has 0 saturated heterocycles. The maximum atomic E-state index is 5.49. The molecular formula is C12H11N3O. The minimum Gasteiger partial charge on any atom is -0.424 e. The van der Waals surface area contributed by atoms with Crippen LogP contribution in [0.3, 0.4) is 0 Å². The molecule has 0 radical (unpaired) electrons. The molecule has 2 aromatic heterocycles. The van der Waals surface area contributed by atoms with Gasteiger partial charge in [-0.25, -0.2) is 4.98 Å². The maximum Gasteiger partial charge on any atom is 0.292 e. The molecule has 80 valence electrons. The third kappa shape index (κ3) is 1.20. The molecular weight excluding hydrogens is 202 g/mol. The average Bonchev–Trinajstić information content (AvgIpc) is 2.80. The summed E-state index contributed by atoms with van der Waals surface area (Å²) in [5.41, 5.74) is 8.66. The summed E-state index contributed by atoms with van der Waals surface area (Å²) in [4.78, 5) is 7.22. The zero-order chi connectivity index (χ0) is 11.1. The van der Waals surface area contributed by atoms with Crippen molar-refractivity contribution in [3.63, 3.8) is 0 Å². The molecule has 4 heteroatoms. The Labute approximate surface area is 92.1 Å². The van der Waals surface area contributed by atoms with E-state index in [0.29, 0.717) is 5.76 Å². The SMILES string of the molecule is Cc1[nH]c2ccccc2c1-c1cnc(N)o1. The highest BCUT2D eigenvalue weighted by atomic mass is 16.4. The number of H-pyrrole nitrogens is 1. The van der Waals surface area contributed by atoms with Gasteiger partial charge < -0.3 is 15.1 Å². The van der Waals surface area contributed by atoms with E-state index in [1.807, 2.05) is 31.2 Å². The quantitative estimate of drug-likeness (QED) is 0.653. The van der Waals surface area contributed by atoms with Gasteiger partial charge in [-0.1, -0.05) is 18.2 Å². The van der Waals surface area contributed by atoms with Crippen LogP contribution in [-0.2, 0) is 0 Å². The van der Waals surface area contributed by atoms with Crippen LogP contribution in [0.1, 0.15) is 5.69 Å². The van der Waals surface area contributed by atoms with Crippen LogP contribution in [0.15, 0.2) is 34.9 Å². The van der Waals surface area contributed by atoms with Gasteiger partial charge in [0.1, 0.15) is 0 Å². The van der Waals surface area contributed by atoms with Crippen LogP contribution in [0.25, 0.3) is 22.2 Å². The molecule has 16 heavy (non-hydrogen) atoms. The summed E-state index contributed by atoms with van der Waals surface area (Å²) in [6, 6.07) is 8.27. The van der Waals surface area contributed by atoms with E-state index in [1.165, 1.54) is 0 Å². The Kier molecular flexibility index (Phi) is 1.77. The van der Waals surface area contributed by atoms with Gasteiger partial charge in [-0.05, 0) is 13.0 Å². The Morgan fingerprint density at radius 2 is 2.12 bits per heavy atom. The lowest BCUT2D eigenvalue weighted by Crippen LogP contribution is -1.80. The number of aromatic nitrogens is 2. The van der Waals surface area contributed by atoms with Gasteiger partial charge in [-0.2, -0.15) is 0 Å². The summed E-state index contributed by atoms with van der Waals surface area (Å²) in [7, 11) is 0. The third-order valence-corrected chi connectivity index (χ3v) is 2.66. The summed E-state index contributed by atoms with van der Waals surface area (Å²) >= 11 is 0. The first-order valence-electron chi connectivity index (χ1n) is 5.04. The van der Waals surface area contributed by atoms with E-state index in [-0.39, 0.29) is 6.01 Å². The maximum absolute atomic E-state index is 5.49. The molecule has 3 N–H and O–H groups in total. The minimum absolute atomic E-state index is 0.194. The molecule has 0 fully saturated rings. The van der Waals surface area contributed by atoms with Gasteiger partial charge in [0.25, 0.3) is 6.01 Å². The molecule has 0 aliphatic carbocycles. The van der Waals surface area contributed by atoms with Crippen molar-refractivity contribution in [2.24, 2.45) is 0 Å². The molecule has 0 atom stereocenters. The number of hydrogen-bond acceptors (Lipinski definition) is 3. The predicted molar refractivity (Wildman–Crippen MR) is 62.9 cm³/mol. The third-order valence-electron chi connectivity index (χ3n) is 2.66. The van der Waals surface area contributed by atoms with Crippen LogP contribution >= 0.6 is 0 Å². The van der Waals surface area contributed by atoms with Gasteiger partial charge in [0, 0.05) is 22.2 Å². The standard InChI is InChI=1S/C12H11N3O/c1-7-11(10-6-14-12(13)16-10)8-4-2-3-5-9(8)15-7/h2-6,15H,1H3,(H2,13,14). The number of para-hydroxylation sites is 1. The van der Waals surface area contributed by atoms with Crippen molar-refractivity contribution in [1.82, 2.24) is 9.97 Å². The largest absolute Gasteiger partial charge is 0.424 e. The Morgan fingerprint density at radius 3 is 2.88 bits per heavy atom. The fourth-order valence-corrected chi connectivity index (χ4v) is 2.00. The molecule has 0 aliphatic heterocycles. The normalized spacial score (nSPS) is 11.1. The molecule has 4 nitrogen and oxygen atoms in total. The van der Waals surface area contributed by atoms with E-state index in [0.717, 1.165) is 22.2 Å². The zero-order valence-electron chi connectivity index (χ0n) is 8.82. The second-order valence-corrected chi connectivity index (χ2v) is 3.73. The molecule has 1 aromatic carbocycles. The second-order valence-electron chi connectivity index (χ2n) is 3.73. The molecule has 3 aromatic rings. The highest BCUT2D eigenvalue weighted by Gasteiger charge is 2.13. The fourth-order valence-electron chi connectivity index (χ4n) is 2.00. The summed E-state index contributed by atoms with van der Waals surface area (Å²) in [6.07, 6.45) is 1.65. The molecule has 0 amide bonds. The number of nitrogen functional groups attached to an aromatic ring is 1. The van der Waals surface area contributed by atoms with Crippen LogP contribution in [0.4, 0.5) is 6.01 Å². The minimum atomic E-state index is 0.194. The molecule has 0 spiro atoms. The topological polar surface area (TPSA) is 67.8 Å². The fraction of sp³-hybridized carbons (Fsp3) is 0.0833. The van der Waals surface area contributed by atoms with Gasteiger partial charge >= 0.3 is 0 Å². The Morgan fingerprint density at radius 1 is 1.31 bits per heavy atom. The number of fused-ring (bicyclic) bond motifs is 1. The van der Waals surface area contributed by atoms with E-state index < -0.39 is 0 Å². The van der Waals surface area contributed by atoms with Gasteiger partial charge in [0.05, 0.1) is 6.20 Å². The van der Waals surface area contributed by atoms with Crippen molar-refractivity contribution in [1.29, 1.82) is 0 Å². The molecule has 0 unspecified atom stereocenters. The lowest BCUT2D eigenvalue weighted by Gasteiger charge is -1.95. The molecule has 0 saturated carbocycles. The lowest BCUT2D eigenvalue weighted by atomic mass is 10.1. The molecule has 3 rings (SSSR count). The van der Waals surface area contributed by atoms with E-state index in [9.17, 15) is 0 Å². The number of nitrogens with two attached hydrogens (primary N) is 1. The Hall–Kier alpha value is -2.23. The number of hydrogen-bond donors (Lipinski definition) is 2. The number of oxazole rings is 1. The van der Waals surface area contributed by atoms with Crippen molar-refractivity contribution >= 4 is 16.9 Å². The lowest BCUT2D eigenvalue weighted by molar-refractivity contribution is 0.595. The van der Waals surface area contributed by atoms with Gasteiger partial charge in [-0.3, -0.25) is 0 Å². The number of aryl methyl sites for hydroxylation is 1. The van der Waals surface area contributed by atoms with Crippen molar-refractivity contribution in [2.75, 3.05) is 5.73 Å². The monoisotopic (exact) mass is 213 g/mol. The van der Waals surface area contributed by atoms with Crippen LogP contribution in [0.5, 0.6) is 0 Å². The summed E-state index contributed by atoms with van der Waals surface area (Å²) in [5.74, 6) is 0.701. The number of nitrogens with one attached hydrogen (secondary N) is 1. The highest BCUT2D eigenvalue weighted by Crippen LogP contribution is 2.32. The number of rotatable bonds is 1. The van der Waals surface area contributed by atoms with Crippen LogP contribution in [-0.4, -0.2) is 9.97 Å². The van der Waals surface area contributed by atoms with Crippen LogP contribution < -0.4 is 5.73 Å². The average molecular weight is 213 g/mol. The first-order chi connectivity index (χ1) is 7.75. The summed E-state index contributed by atoms with van der Waals surface area (Å²) in [5, 5.41) is 1.12. The van der Waals surface area contributed by atoms with Gasteiger partial charge in [0.2, 0.25) is 0 Å². The first kappa shape index (κ1) is 9.03. The second kappa shape index (κ2) is 3.13. The van der Waals surface area contributed by atoms with E-state index in [1.54, 1.807) is 6.20 Å². The van der Waals surface area contributed by atoms with E-state index in [2.05, 4.69) is 9.97 Å². The van der Waals surface area contributed by atoms with Crippen molar-refractivity contribution in [2.45, 2.75) is 6.92 Å². The van der Waals surface area contributed by atoms with Gasteiger partial charge in [0.15, 0.2) is 5.76 Å². The number of anilines is 1. The van der Waals surface area contributed by atoms with Crippen molar-refractivity contribution < 1.29 is 4.42 Å². The van der Waals surface area contributed by atoms with Crippen LogP contribution in [0, 0.1) is 6.92 Å². The van der Waals surface area contributed by atoms with Gasteiger partial charge in [-0.15, -0.1) is 0 Å². The number of aromatic amines is 1. The van der Waals surface area contributed by atoms with Crippen LogP contribution in [0.2, 0.25) is 0 Å². The Bertz CT molecular complexity index is 651. The van der Waals surface area contributed by atoms with Crippen molar-refractivity contribution in [3.05, 3.63) is 36.2 Å². The first-order valence-corrected chi connectivity index (χ1v) is 5.04. The van der Waals surface area contributed by atoms with E-state index >= 15 is 0 Å². The number of benzene rings is 1. The summed E-state index contributed by atoms with van der Waals surface area (Å²) in [6.45, 7) is 2.01. The van der Waals surface area contributed by atoms with E-state index in [4.69, 9.17) is 10.2 Å². The summed E-state index contributed by atoms with van der Waals surface area (Å²) < 4.78 is 5.36. The van der Waals surface area contributed by atoms with Crippen molar-refractivity contribution in [3.8, 4) is 11.3 Å². The number of nitrogens with zero attached hydrogens (tertiary/aromatic N) is 1. The predicted octanol–water partition coefficient (Wildman–Crippen LogP) is 2.71. The zero-order valence-corrected chi connectivity index (χ0v) is 8.82. The highest BCUT2D eigenvalue weighted by molar-refractivity contribution is 5.95. The molecule has 2 heterocycles. The molecule has 0 aliphatic rings. The smallest absolute Gasteiger partial charge is 0.292 e. The molecule has 0 bridgehead atoms.